The highest BCUT2D eigenvalue weighted by Gasteiger charge is 2.18. The van der Waals surface area contributed by atoms with Crippen LogP contribution in [0.4, 0.5) is 5.69 Å². The molecule has 1 aromatic carbocycles. The van der Waals surface area contributed by atoms with Gasteiger partial charge in [-0.25, -0.2) is 8.42 Å². The van der Waals surface area contributed by atoms with Crippen molar-refractivity contribution < 1.29 is 18.3 Å². The van der Waals surface area contributed by atoms with Crippen molar-refractivity contribution in [1.82, 2.24) is 9.78 Å². The number of para-hydroxylation sites is 1. The minimum atomic E-state index is -3.80. The number of carbonyl (C=O) groups is 1. The fraction of sp³-hybridized carbons (Fsp3) is 0.167. The molecule has 112 valence electrons. The number of hydrogen-bond acceptors (Lipinski definition) is 5. The second-order valence-electron chi connectivity index (χ2n) is 4.07. The number of anilines is 1. The average Bonchev–Trinajstić information content (AvgIpc) is 2.87. The van der Waals surface area contributed by atoms with Crippen LogP contribution in [0.25, 0.3) is 0 Å². The molecule has 0 atom stereocenters. The highest BCUT2D eigenvalue weighted by Crippen LogP contribution is 2.26. The van der Waals surface area contributed by atoms with E-state index in [9.17, 15) is 13.2 Å². The number of aromatic nitrogens is 2. The topological polar surface area (TPSA) is 101 Å². The Bertz CT molecular complexity index is 755. The van der Waals surface area contributed by atoms with Crippen LogP contribution in [0.15, 0.2) is 46.5 Å². The molecule has 0 spiro atoms. The van der Waals surface area contributed by atoms with Crippen molar-refractivity contribution in [2.45, 2.75) is 16.3 Å². The molecule has 1 heterocycles. The summed E-state index contributed by atoms with van der Waals surface area (Å²) < 4.78 is 28.0. The first-order chi connectivity index (χ1) is 9.92. The zero-order chi connectivity index (χ0) is 15.5. The van der Waals surface area contributed by atoms with E-state index in [4.69, 9.17) is 5.11 Å². The van der Waals surface area contributed by atoms with E-state index in [1.807, 2.05) is 12.3 Å². The molecule has 9 heteroatoms. The van der Waals surface area contributed by atoms with Crippen LogP contribution < -0.4 is 4.72 Å². The first-order valence-electron chi connectivity index (χ1n) is 5.82. The Kier molecular flexibility index (Phi) is 4.53. The third-order valence-corrected chi connectivity index (χ3v) is 4.68. The monoisotopic (exact) mass is 327 g/mol. The molecule has 2 N–H and O–H groups in total. The molecule has 0 aliphatic heterocycles. The zero-order valence-electron chi connectivity index (χ0n) is 11.1. The standard InChI is InChI=1S/C12H13N3O4S2/c1-20-11-5-3-2-4-10(11)14-21(18,19)9-6-13-15(7-9)8-12(16)17/h2-7,14H,8H2,1H3,(H,16,17). The number of hydrogen-bond donors (Lipinski definition) is 2. The van der Waals surface area contributed by atoms with Crippen molar-refractivity contribution in [1.29, 1.82) is 0 Å². The molecule has 0 aliphatic carbocycles. The van der Waals surface area contributed by atoms with Crippen molar-refractivity contribution in [2.24, 2.45) is 0 Å². The van der Waals surface area contributed by atoms with E-state index in [1.165, 1.54) is 18.0 Å². The van der Waals surface area contributed by atoms with Crippen LogP contribution >= 0.6 is 11.8 Å². The Morgan fingerprint density at radius 3 is 2.81 bits per heavy atom. The van der Waals surface area contributed by atoms with Crippen LogP contribution in [0.5, 0.6) is 0 Å². The number of nitrogens with one attached hydrogen (secondary N) is 1. The molecule has 21 heavy (non-hydrogen) atoms. The molecule has 0 saturated heterocycles. The van der Waals surface area contributed by atoms with Gasteiger partial charge >= 0.3 is 5.97 Å². The molecule has 2 aromatic rings. The molecular weight excluding hydrogens is 314 g/mol. The first kappa shape index (κ1) is 15.4. The van der Waals surface area contributed by atoms with Crippen LogP contribution in [-0.2, 0) is 21.4 Å². The van der Waals surface area contributed by atoms with Gasteiger partial charge in [-0.15, -0.1) is 11.8 Å². The quantitative estimate of drug-likeness (QED) is 0.780. The molecule has 0 saturated carbocycles. The van der Waals surface area contributed by atoms with Crippen molar-refractivity contribution in [3.8, 4) is 0 Å². The maximum absolute atomic E-state index is 12.2. The number of carboxylic acids is 1. The van der Waals surface area contributed by atoms with Crippen LogP contribution in [-0.4, -0.2) is 35.5 Å². The summed E-state index contributed by atoms with van der Waals surface area (Å²) in [7, 11) is -3.80. The van der Waals surface area contributed by atoms with Crippen LogP contribution in [0, 0.1) is 0 Å². The molecule has 0 amide bonds. The predicted octanol–water partition coefficient (Wildman–Crippen LogP) is 1.49. The lowest BCUT2D eigenvalue weighted by atomic mass is 10.3. The van der Waals surface area contributed by atoms with Gasteiger partial charge in [-0.1, -0.05) is 12.1 Å². The van der Waals surface area contributed by atoms with Gasteiger partial charge in [-0.3, -0.25) is 14.2 Å². The van der Waals surface area contributed by atoms with Crippen LogP contribution in [0.3, 0.4) is 0 Å². The van der Waals surface area contributed by atoms with Crippen LogP contribution in [0.1, 0.15) is 0 Å². The molecule has 0 aliphatic rings. The van der Waals surface area contributed by atoms with Crippen molar-refractivity contribution >= 4 is 33.4 Å². The van der Waals surface area contributed by atoms with Crippen LogP contribution in [0.2, 0.25) is 0 Å². The normalized spacial score (nSPS) is 11.3. The molecule has 7 nitrogen and oxygen atoms in total. The smallest absolute Gasteiger partial charge is 0.325 e. The lowest BCUT2D eigenvalue weighted by molar-refractivity contribution is -0.137. The van der Waals surface area contributed by atoms with Gasteiger partial charge < -0.3 is 5.11 Å². The second kappa shape index (κ2) is 6.19. The lowest BCUT2D eigenvalue weighted by Gasteiger charge is -2.09. The second-order valence-corrected chi connectivity index (χ2v) is 6.60. The van der Waals surface area contributed by atoms with Gasteiger partial charge in [0.1, 0.15) is 11.4 Å². The third-order valence-electron chi connectivity index (χ3n) is 2.57. The SMILES string of the molecule is CSc1ccccc1NS(=O)(=O)c1cnn(CC(=O)O)c1. The van der Waals surface area contributed by atoms with Gasteiger partial charge in [-0.2, -0.15) is 5.10 Å². The fourth-order valence-corrected chi connectivity index (χ4v) is 3.29. The maximum Gasteiger partial charge on any atom is 0.325 e. The Balaban J connectivity index is 2.26. The number of benzene rings is 1. The molecule has 0 fully saturated rings. The van der Waals surface area contributed by atoms with Gasteiger partial charge in [0, 0.05) is 11.1 Å². The fourth-order valence-electron chi connectivity index (χ4n) is 1.64. The van der Waals surface area contributed by atoms with E-state index in [0.29, 0.717) is 5.69 Å². The van der Waals surface area contributed by atoms with E-state index >= 15 is 0 Å². The minimum Gasteiger partial charge on any atom is -0.480 e. The first-order valence-corrected chi connectivity index (χ1v) is 8.53. The lowest BCUT2D eigenvalue weighted by Crippen LogP contribution is -2.13. The Morgan fingerprint density at radius 2 is 2.14 bits per heavy atom. The van der Waals surface area contributed by atoms with Gasteiger partial charge in [0.15, 0.2) is 0 Å². The van der Waals surface area contributed by atoms with Gasteiger partial charge in [0.2, 0.25) is 0 Å². The molecule has 0 unspecified atom stereocenters. The van der Waals surface area contributed by atoms with E-state index in [1.54, 1.807) is 18.2 Å². The Hall–Kier alpha value is -2.00. The molecular formula is C12H13N3O4S2. The summed E-state index contributed by atoms with van der Waals surface area (Å²) in [6, 6.07) is 7.00. The summed E-state index contributed by atoms with van der Waals surface area (Å²) in [4.78, 5) is 11.3. The van der Waals surface area contributed by atoms with E-state index < -0.39 is 22.5 Å². The van der Waals surface area contributed by atoms with Crippen molar-refractivity contribution in [3.63, 3.8) is 0 Å². The summed E-state index contributed by atoms with van der Waals surface area (Å²) in [5.41, 5.74) is 0.469. The molecule has 2 rings (SSSR count). The summed E-state index contributed by atoms with van der Waals surface area (Å²) in [5, 5.41) is 12.4. The summed E-state index contributed by atoms with van der Waals surface area (Å²) in [5.74, 6) is -1.09. The number of carboxylic acid groups (broad SMARTS) is 1. The number of nitrogens with zero attached hydrogens (tertiary/aromatic N) is 2. The van der Waals surface area contributed by atoms with Crippen molar-refractivity contribution in [3.05, 3.63) is 36.7 Å². The number of rotatable bonds is 6. The number of thioether (sulfide) groups is 1. The summed E-state index contributed by atoms with van der Waals surface area (Å²) in [6.45, 7) is -0.392. The molecule has 0 bridgehead atoms. The average molecular weight is 327 g/mol. The Labute approximate surface area is 126 Å². The van der Waals surface area contributed by atoms with Crippen molar-refractivity contribution in [2.75, 3.05) is 11.0 Å². The summed E-state index contributed by atoms with van der Waals surface area (Å²) in [6.07, 6.45) is 4.14. The number of aliphatic carboxylic acids is 1. The zero-order valence-corrected chi connectivity index (χ0v) is 12.7. The highest BCUT2D eigenvalue weighted by molar-refractivity contribution is 7.99. The third kappa shape index (κ3) is 3.76. The molecule has 1 aromatic heterocycles. The van der Waals surface area contributed by atoms with Gasteiger partial charge in [-0.05, 0) is 18.4 Å². The molecule has 0 radical (unpaired) electrons. The Morgan fingerprint density at radius 1 is 1.43 bits per heavy atom. The summed E-state index contributed by atoms with van der Waals surface area (Å²) >= 11 is 1.42. The maximum atomic E-state index is 12.2. The van der Waals surface area contributed by atoms with E-state index in [-0.39, 0.29) is 4.90 Å². The van der Waals surface area contributed by atoms with E-state index in [0.717, 1.165) is 15.8 Å². The van der Waals surface area contributed by atoms with Gasteiger partial charge in [0.25, 0.3) is 10.0 Å². The van der Waals surface area contributed by atoms with E-state index in [2.05, 4.69) is 9.82 Å². The van der Waals surface area contributed by atoms with Gasteiger partial charge in [0.05, 0.1) is 11.9 Å². The predicted molar refractivity (Wildman–Crippen MR) is 78.9 cm³/mol. The minimum absolute atomic E-state index is 0.0837. The largest absolute Gasteiger partial charge is 0.480 e. The number of sulfonamides is 1. The highest BCUT2D eigenvalue weighted by atomic mass is 32.2.